The quantitative estimate of drug-likeness (QED) is 0.858. The minimum Gasteiger partial charge on any atom is -0.481 e. The van der Waals surface area contributed by atoms with Gasteiger partial charge in [-0.15, -0.1) is 0 Å². The number of ketones is 1. The van der Waals surface area contributed by atoms with E-state index < -0.39 is 6.10 Å². The smallest absolute Gasteiger partial charge is 0.265 e. The third-order valence-electron chi connectivity index (χ3n) is 3.33. The lowest BCUT2D eigenvalue weighted by atomic mass is 10.1. The molecule has 0 radical (unpaired) electrons. The number of carbonyl (C=O) groups excluding carboxylic acids is 2. The van der Waals surface area contributed by atoms with Crippen molar-refractivity contribution < 1.29 is 14.3 Å². The third-order valence-corrected chi connectivity index (χ3v) is 3.33. The second-order valence-electron chi connectivity index (χ2n) is 5.15. The zero-order valence-electron chi connectivity index (χ0n) is 12.9. The van der Waals surface area contributed by atoms with E-state index >= 15 is 0 Å². The Hall–Kier alpha value is -2.62. The third kappa shape index (κ3) is 3.95. The van der Waals surface area contributed by atoms with Crippen molar-refractivity contribution in [2.24, 2.45) is 0 Å². The topological polar surface area (TPSA) is 55.4 Å². The number of hydrogen-bond acceptors (Lipinski definition) is 3. The van der Waals surface area contributed by atoms with Gasteiger partial charge in [0.15, 0.2) is 11.9 Å². The van der Waals surface area contributed by atoms with Crippen molar-refractivity contribution >= 4 is 17.4 Å². The molecular formula is C18H19NO3. The molecule has 0 aromatic heterocycles. The number of benzene rings is 2. The van der Waals surface area contributed by atoms with Crippen LogP contribution in [0.4, 0.5) is 5.69 Å². The Bertz CT molecular complexity index is 694. The first-order valence-electron chi connectivity index (χ1n) is 7.11. The Kier molecular flexibility index (Phi) is 4.94. The van der Waals surface area contributed by atoms with Gasteiger partial charge in [-0.05, 0) is 44.5 Å². The molecule has 0 aliphatic rings. The molecule has 0 fully saturated rings. The molecule has 2 aromatic rings. The second kappa shape index (κ2) is 6.89. The second-order valence-corrected chi connectivity index (χ2v) is 5.15. The Labute approximate surface area is 130 Å². The lowest BCUT2D eigenvalue weighted by molar-refractivity contribution is -0.122. The summed E-state index contributed by atoms with van der Waals surface area (Å²) in [5.74, 6) is 0.227. The monoisotopic (exact) mass is 297 g/mol. The highest BCUT2D eigenvalue weighted by Gasteiger charge is 2.16. The zero-order valence-corrected chi connectivity index (χ0v) is 12.9. The molecule has 0 saturated heterocycles. The van der Waals surface area contributed by atoms with Crippen LogP contribution >= 0.6 is 0 Å². The van der Waals surface area contributed by atoms with Crippen molar-refractivity contribution in [1.29, 1.82) is 0 Å². The van der Waals surface area contributed by atoms with Crippen molar-refractivity contribution in [3.05, 3.63) is 59.7 Å². The zero-order chi connectivity index (χ0) is 16.1. The number of anilines is 1. The Morgan fingerprint density at radius 2 is 1.82 bits per heavy atom. The lowest BCUT2D eigenvalue weighted by Gasteiger charge is -2.16. The van der Waals surface area contributed by atoms with Gasteiger partial charge in [0.2, 0.25) is 0 Å². The number of aryl methyl sites for hydroxylation is 1. The number of amides is 1. The number of carbonyl (C=O) groups is 2. The molecule has 4 nitrogen and oxygen atoms in total. The molecule has 22 heavy (non-hydrogen) atoms. The average Bonchev–Trinajstić information content (AvgIpc) is 2.49. The van der Waals surface area contributed by atoms with Crippen LogP contribution < -0.4 is 10.1 Å². The van der Waals surface area contributed by atoms with Gasteiger partial charge in [0.05, 0.1) is 0 Å². The minimum atomic E-state index is -0.665. The molecule has 1 amide bonds. The summed E-state index contributed by atoms with van der Waals surface area (Å²) in [5, 5.41) is 2.84. The number of rotatable bonds is 5. The number of Topliss-reactive ketones (excluding diaryl/α,β-unsaturated/α-hetero) is 1. The van der Waals surface area contributed by atoms with E-state index in [1.165, 1.54) is 6.92 Å². The maximum Gasteiger partial charge on any atom is 0.265 e. The van der Waals surface area contributed by atoms with Crippen LogP contribution in [0, 0.1) is 6.92 Å². The van der Waals surface area contributed by atoms with Gasteiger partial charge in [-0.2, -0.15) is 0 Å². The fourth-order valence-electron chi connectivity index (χ4n) is 1.99. The van der Waals surface area contributed by atoms with E-state index in [-0.39, 0.29) is 11.7 Å². The van der Waals surface area contributed by atoms with Gasteiger partial charge >= 0.3 is 0 Å². The standard InChI is InChI=1S/C18H19NO3/c1-12-7-4-5-10-17(12)19-18(21)14(3)22-16-9-6-8-15(11-16)13(2)20/h4-11,14H,1-3H3,(H,19,21). The van der Waals surface area contributed by atoms with Crippen molar-refractivity contribution in [3.8, 4) is 5.75 Å². The predicted molar refractivity (Wildman–Crippen MR) is 86.3 cm³/mol. The summed E-state index contributed by atoms with van der Waals surface area (Å²) in [6, 6.07) is 14.4. The van der Waals surface area contributed by atoms with E-state index in [9.17, 15) is 9.59 Å². The highest BCUT2D eigenvalue weighted by molar-refractivity contribution is 5.95. The summed E-state index contributed by atoms with van der Waals surface area (Å²) in [6.07, 6.45) is -0.665. The highest BCUT2D eigenvalue weighted by atomic mass is 16.5. The predicted octanol–water partition coefficient (Wildman–Crippen LogP) is 3.60. The minimum absolute atomic E-state index is 0.0394. The first-order chi connectivity index (χ1) is 10.5. The largest absolute Gasteiger partial charge is 0.481 e. The van der Waals surface area contributed by atoms with E-state index in [0.717, 1.165) is 11.3 Å². The lowest BCUT2D eigenvalue weighted by Crippen LogP contribution is -2.30. The maximum absolute atomic E-state index is 12.2. The van der Waals surface area contributed by atoms with Gasteiger partial charge in [-0.25, -0.2) is 0 Å². The van der Waals surface area contributed by atoms with Gasteiger partial charge < -0.3 is 10.1 Å². The average molecular weight is 297 g/mol. The number of para-hydroxylation sites is 1. The van der Waals surface area contributed by atoms with Gasteiger partial charge in [-0.1, -0.05) is 30.3 Å². The van der Waals surface area contributed by atoms with Crippen LogP contribution in [0.15, 0.2) is 48.5 Å². The van der Waals surface area contributed by atoms with Crippen molar-refractivity contribution in [1.82, 2.24) is 0 Å². The van der Waals surface area contributed by atoms with E-state index in [0.29, 0.717) is 11.3 Å². The van der Waals surface area contributed by atoms with Crippen LogP contribution in [0.3, 0.4) is 0 Å². The molecule has 0 spiro atoms. The van der Waals surface area contributed by atoms with Crippen LogP contribution in [0.1, 0.15) is 29.8 Å². The normalized spacial score (nSPS) is 11.6. The van der Waals surface area contributed by atoms with Gasteiger partial charge in [0, 0.05) is 11.3 Å². The molecule has 1 N–H and O–H groups in total. The molecule has 0 saturated carbocycles. The van der Waals surface area contributed by atoms with Crippen LogP contribution in [0.2, 0.25) is 0 Å². The number of nitrogens with one attached hydrogen (secondary N) is 1. The molecule has 114 valence electrons. The van der Waals surface area contributed by atoms with Gasteiger partial charge in [0.25, 0.3) is 5.91 Å². The SMILES string of the molecule is CC(=O)c1cccc(OC(C)C(=O)Nc2ccccc2C)c1. The molecule has 0 bridgehead atoms. The van der Waals surface area contributed by atoms with Crippen molar-refractivity contribution in [2.45, 2.75) is 26.9 Å². The van der Waals surface area contributed by atoms with Crippen LogP contribution in [0.25, 0.3) is 0 Å². The first-order valence-corrected chi connectivity index (χ1v) is 7.11. The number of ether oxygens (including phenoxy) is 1. The van der Waals surface area contributed by atoms with Gasteiger partial charge in [0.1, 0.15) is 5.75 Å². The molecule has 1 atom stereocenters. The van der Waals surface area contributed by atoms with Crippen LogP contribution in [-0.4, -0.2) is 17.8 Å². The fourth-order valence-corrected chi connectivity index (χ4v) is 1.99. The molecule has 2 rings (SSSR count). The van der Waals surface area contributed by atoms with E-state index in [2.05, 4.69) is 5.32 Å². The van der Waals surface area contributed by atoms with Gasteiger partial charge in [-0.3, -0.25) is 9.59 Å². The summed E-state index contributed by atoms with van der Waals surface area (Å²) < 4.78 is 5.61. The van der Waals surface area contributed by atoms with Crippen LogP contribution in [-0.2, 0) is 4.79 Å². The Morgan fingerprint density at radius 1 is 1.09 bits per heavy atom. The first kappa shape index (κ1) is 15.8. The Morgan fingerprint density at radius 3 is 2.50 bits per heavy atom. The molecule has 0 heterocycles. The fraction of sp³-hybridized carbons (Fsp3) is 0.222. The molecule has 1 unspecified atom stereocenters. The molecular weight excluding hydrogens is 278 g/mol. The van der Waals surface area contributed by atoms with E-state index in [1.54, 1.807) is 31.2 Å². The van der Waals surface area contributed by atoms with Crippen LogP contribution in [0.5, 0.6) is 5.75 Å². The summed E-state index contributed by atoms with van der Waals surface area (Å²) in [7, 11) is 0. The maximum atomic E-state index is 12.2. The number of hydrogen-bond donors (Lipinski definition) is 1. The van der Waals surface area contributed by atoms with Crippen molar-refractivity contribution in [3.63, 3.8) is 0 Å². The summed E-state index contributed by atoms with van der Waals surface area (Å²) >= 11 is 0. The highest BCUT2D eigenvalue weighted by Crippen LogP contribution is 2.17. The van der Waals surface area contributed by atoms with Crippen molar-refractivity contribution in [2.75, 3.05) is 5.32 Å². The summed E-state index contributed by atoms with van der Waals surface area (Å²) in [6.45, 7) is 5.10. The molecule has 0 aliphatic heterocycles. The molecule has 2 aromatic carbocycles. The van der Waals surface area contributed by atoms with E-state index in [4.69, 9.17) is 4.74 Å². The van der Waals surface area contributed by atoms with E-state index in [1.807, 2.05) is 31.2 Å². The summed E-state index contributed by atoms with van der Waals surface area (Å²) in [4.78, 5) is 23.5. The molecule has 4 heteroatoms. The molecule has 0 aliphatic carbocycles. The summed E-state index contributed by atoms with van der Waals surface area (Å²) in [5.41, 5.74) is 2.31. The Balaban J connectivity index is 2.04.